The van der Waals surface area contributed by atoms with Crippen molar-refractivity contribution in [2.45, 2.75) is 44.3 Å². The number of fused-ring (bicyclic) bond motifs is 1. The quantitative estimate of drug-likeness (QED) is 0.845. The van der Waals surface area contributed by atoms with E-state index in [2.05, 4.69) is 15.1 Å². The third-order valence-corrected chi connectivity index (χ3v) is 5.08. The number of nitrogens with one attached hydrogen (secondary N) is 1. The number of aromatic nitrogens is 2. The Balaban J connectivity index is 1.46. The summed E-state index contributed by atoms with van der Waals surface area (Å²) in [6, 6.07) is 2.79. The summed E-state index contributed by atoms with van der Waals surface area (Å²) in [6.07, 6.45) is -0.482. The van der Waals surface area contributed by atoms with E-state index in [-0.39, 0.29) is 0 Å². The Bertz CT molecular complexity index is 777. The van der Waals surface area contributed by atoms with Crippen LogP contribution in [0.25, 0.3) is 0 Å². The van der Waals surface area contributed by atoms with E-state index < -0.39 is 17.6 Å². The summed E-state index contributed by atoms with van der Waals surface area (Å²) in [6.45, 7) is 1.81. The lowest BCUT2D eigenvalue weighted by Crippen LogP contribution is -2.26. The number of H-pyrrole nitrogens is 1. The number of aromatic amines is 1. The maximum Gasteiger partial charge on any atom is 0.416 e. The van der Waals surface area contributed by atoms with Gasteiger partial charge in [0.1, 0.15) is 5.82 Å². The molecule has 1 aliphatic carbocycles. The van der Waals surface area contributed by atoms with Crippen molar-refractivity contribution in [2.24, 2.45) is 0 Å². The molecule has 2 heterocycles. The van der Waals surface area contributed by atoms with Crippen molar-refractivity contribution in [2.75, 3.05) is 13.1 Å². The number of benzene rings is 1. The van der Waals surface area contributed by atoms with E-state index in [0.717, 1.165) is 37.7 Å². The van der Waals surface area contributed by atoms with Gasteiger partial charge in [0.25, 0.3) is 0 Å². The topological polar surface area (TPSA) is 31.9 Å². The van der Waals surface area contributed by atoms with Crippen molar-refractivity contribution in [3.63, 3.8) is 0 Å². The average Bonchev–Trinajstić information content (AvgIpc) is 3.35. The first-order valence-electron chi connectivity index (χ1n) is 8.56. The smallest absolute Gasteiger partial charge is 0.298 e. The Hall–Kier alpha value is -1.89. The fourth-order valence-electron chi connectivity index (χ4n) is 3.50. The highest BCUT2D eigenvalue weighted by Crippen LogP contribution is 2.41. The Kier molecular flexibility index (Phi) is 4.06. The van der Waals surface area contributed by atoms with Gasteiger partial charge in [-0.2, -0.15) is 18.3 Å². The lowest BCUT2D eigenvalue weighted by atomic mass is 10.1. The minimum absolute atomic E-state index is 0.305. The van der Waals surface area contributed by atoms with Gasteiger partial charge >= 0.3 is 6.18 Å². The van der Waals surface area contributed by atoms with Crippen molar-refractivity contribution >= 4 is 0 Å². The molecule has 0 amide bonds. The molecule has 1 N–H and O–H groups in total. The van der Waals surface area contributed by atoms with E-state index in [1.54, 1.807) is 0 Å². The number of hydrogen-bond acceptors (Lipinski definition) is 2. The highest BCUT2D eigenvalue weighted by Gasteiger charge is 2.32. The summed E-state index contributed by atoms with van der Waals surface area (Å²) in [5.74, 6) is -0.211. The fourth-order valence-corrected chi connectivity index (χ4v) is 3.50. The van der Waals surface area contributed by atoms with Crippen LogP contribution in [0.3, 0.4) is 0 Å². The summed E-state index contributed by atoms with van der Waals surface area (Å²) < 4.78 is 52.0. The van der Waals surface area contributed by atoms with Gasteiger partial charge in [-0.05, 0) is 37.0 Å². The molecule has 7 heteroatoms. The third kappa shape index (κ3) is 3.42. The first-order chi connectivity index (χ1) is 11.9. The van der Waals surface area contributed by atoms with Gasteiger partial charge in [0.15, 0.2) is 0 Å². The van der Waals surface area contributed by atoms with Gasteiger partial charge in [-0.3, -0.25) is 10.00 Å². The van der Waals surface area contributed by atoms with Gasteiger partial charge in [0.2, 0.25) is 0 Å². The van der Waals surface area contributed by atoms with E-state index >= 15 is 0 Å². The zero-order valence-corrected chi connectivity index (χ0v) is 13.7. The normalized spacial score (nSPS) is 18.9. The number of rotatable bonds is 3. The van der Waals surface area contributed by atoms with Crippen molar-refractivity contribution < 1.29 is 17.6 Å². The summed E-state index contributed by atoms with van der Waals surface area (Å²) in [7, 11) is 0. The second kappa shape index (κ2) is 6.12. The monoisotopic (exact) mass is 353 g/mol. The molecular formula is C18H19F4N3. The molecule has 1 aromatic heterocycles. The molecule has 0 radical (unpaired) electrons. The van der Waals surface area contributed by atoms with Crippen molar-refractivity contribution in [3.8, 4) is 0 Å². The van der Waals surface area contributed by atoms with Gasteiger partial charge in [-0.1, -0.05) is 6.07 Å². The Morgan fingerprint density at radius 1 is 1.16 bits per heavy atom. The van der Waals surface area contributed by atoms with Gasteiger partial charge in [0, 0.05) is 43.2 Å². The zero-order valence-electron chi connectivity index (χ0n) is 13.7. The van der Waals surface area contributed by atoms with Crippen molar-refractivity contribution in [3.05, 3.63) is 52.1 Å². The Morgan fingerprint density at radius 3 is 2.60 bits per heavy atom. The molecule has 134 valence electrons. The Morgan fingerprint density at radius 2 is 1.92 bits per heavy atom. The predicted octanol–water partition coefficient (Wildman–Crippen LogP) is 4.05. The molecule has 0 unspecified atom stereocenters. The van der Waals surface area contributed by atoms with Crippen LogP contribution in [0.2, 0.25) is 0 Å². The van der Waals surface area contributed by atoms with Crippen LogP contribution < -0.4 is 0 Å². The molecule has 25 heavy (non-hydrogen) atoms. The molecule has 4 rings (SSSR count). The van der Waals surface area contributed by atoms with Crippen LogP contribution >= 0.6 is 0 Å². The molecule has 0 saturated heterocycles. The number of hydrogen-bond donors (Lipinski definition) is 1. The Labute approximate surface area is 143 Å². The molecule has 1 fully saturated rings. The van der Waals surface area contributed by atoms with E-state index in [4.69, 9.17) is 0 Å². The van der Waals surface area contributed by atoms with Crippen LogP contribution in [0, 0.1) is 5.82 Å². The maximum atomic E-state index is 14.1. The highest BCUT2D eigenvalue weighted by atomic mass is 19.4. The molecule has 0 bridgehead atoms. The van der Waals surface area contributed by atoms with Gasteiger partial charge in [0.05, 0.1) is 11.3 Å². The standard InChI is InChI=1S/C18H19F4N3/c19-15-9-13(18(20,21)22)4-3-12(15)10-25-7-5-14-16(6-8-25)23-24-17(14)11-1-2-11/h3-4,9,11H,1-2,5-8,10H2,(H,23,24). The minimum Gasteiger partial charge on any atom is -0.298 e. The van der Waals surface area contributed by atoms with Crippen LogP contribution in [-0.2, 0) is 25.6 Å². The molecule has 0 atom stereocenters. The van der Waals surface area contributed by atoms with Crippen molar-refractivity contribution in [1.82, 2.24) is 15.1 Å². The van der Waals surface area contributed by atoms with Crippen molar-refractivity contribution in [1.29, 1.82) is 0 Å². The highest BCUT2D eigenvalue weighted by molar-refractivity contribution is 5.32. The number of halogens is 4. The largest absolute Gasteiger partial charge is 0.416 e. The van der Waals surface area contributed by atoms with E-state index in [9.17, 15) is 17.6 Å². The summed E-state index contributed by atoms with van der Waals surface area (Å²) in [4.78, 5) is 2.09. The summed E-state index contributed by atoms with van der Waals surface area (Å²) >= 11 is 0. The number of alkyl halides is 3. The molecular weight excluding hydrogens is 334 g/mol. The molecule has 0 spiro atoms. The molecule has 1 saturated carbocycles. The van der Waals surface area contributed by atoms with E-state index in [0.29, 0.717) is 24.1 Å². The second-order valence-electron chi connectivity index (χ2n) is 6.92. The van der Waals surface area contributed by atoms with E-state index in [1.165, 1.54) is 30.2 Å². The third-order valence-electron chi connectivity index (χ3n) is 5.08. The van der Waals surface area contributed by atoms with Crippen LogP contribution in [0.4, 0.5) is 17.6 Å². The van der Waals surface area contributed by atoms with Crippen LogP contribution in [-0.4, -0.2) is 28.2 Å². The van der Waals surface area contributed by atoms with Crippen LogP contribution in [0.15, 0.2) is 18.2 Å². The molecule has 2 aliphatic rings. The lowest BCUT2D eigenvalue weighted by Gasteiger charge is -2.20. The maximum absolute atomic E-state index is 14.1. The van der Waals surface area contributed by atoms with Crippen LogP contribution in [0.1, 0.15) is 46.8 Å². The van der Waals surface area contributed by atoms with Gasteiger partial charge < -0.3 is 0 Å². The predicted molar refractivity (Wildman–Crippen MR) is 84.6 cm³/mol. The number of nitrogens with zero attached hydrogens (tertiary/aromatic N) is 2. The second-order valence-corrected chi connectivity index (χ2v) is 6.92. The van der Waals surface area contributed by atoms with Gasteiger partial charge in [-0.15, -0.1) is 0 Å². The molecule has 1 aliphatic heterocycles. The zero-order chi connectivity index (χ0) is 17.6. The molecule has 3 nitrogen and oxygen atoms in total. The fraction of sp³-hybridized carbons (Fsp3) is 0.500. The minimum atomic E-state index is -4.52. The first kappa shape index (κ1) is 16.6. The van der Waals surface area contributed by atoms with E-state index in [1.807, 2.05) is 0 Å². The lowest BCUT2D eigenvalue weighted by molar-refractivity contribution is -0.137. The average molecular weight is 353 g/mol. The molecule has 2 aromatic rings. The summed E-state index contributed by atoms with van der Waals surface area (Å²) in [5, 5.41) is 7.58. The van der Waals surface area contributed by atoms with Crippen LogP contribution in [0.5, 0.6) is 0 Å². The first-order valence-corrected chi connectivity index (χ1v) is 8.56. The SMILES string of the molecule is Fc1cc(C(F)(F)F)ccc1CN1CCc2[nH]nc(C3CC3)c2CC1. The summed E-state index contributed by atoms with van der Waals surface area (Å²) in [5.41, 5.74) is 2.98. The van der Waals surface area contributed by atoms with Gasteiger partial charge in [-0.25, -0.2) is 4.39 Å². The molecule has 1 aromatic carbocycles.